The molecule has 96 valence electrons. The third-order valence-corrected chi connectivity index (χ3v) is 2.96. The van der Waals surface area contributed by atoms with Gasteiger partial charge in [-0.1, -0.05) is 30.3 Å². The fraction of sp³-hybridized carbons (Fsp3) is 0.188. The zero-order valence-electron chi connectivity index (χ0n) is 11.0. The molecule has 0 unspecified atom stereocenters. The molecule has 0 aliphatic rings. The molecule has 0 aliphatic heterocycles. The van der Waals surface area contributed by atoms with Crippen molar-refractivity contribution in [3.05, 3.63) is 59.2 Å². The van der Waals surface area contributed by atoms with E-state index in [1.54, 1.807) is 20.3 Å². The van der Waals surface area contributed by atoms with Crippen LogP contribution in [0, 0.1) is 11.3 Å². The summed E-state index contributed by atoms with van der Waals surface area (Å²) in [5, 5.41) is 9.30. The number of nitriles is 1. The molecule has 0 saturated heterocycles. The molecule has 0 saturated carbocycles. The van der Waals surface area contributed by atoms with Gasteiger partial charge in [-0.05, 0) is 23.6 Å². The largest absolute Gasteiger partial charge is 0.497 e. The molecule has 0 aromatic heterocycles. The molecule has 0 spiro atoms. The second-order valence-electron chi connectivity index (χ2n) is 4.14. The molecule has 0 atom stereocenters. The predicted octanol–water partition coefficient (Wildman–Crippen LogP) is 3.17. The van der Waals surface area contributed by atoms with Crippen molar-refractivity contribution in [1.82, 2.24) is 0 Å². The van der Waals surface area contributed by atoms with Gasteiger partial charge in [-0.2, -0.15) is 5.26 Å². The molecule has 0 bridgehead atoms. The standard InChI is InChI=1S/C16H15NO2/c1-18-14-9-13(8-12-6-4-3-5-7-12)15(11-17)16(10-14)19-2/h3-7,9-10H,8H2,1-2H3. The molecule has 0 amide bonds. The fourth-order valence-electron chi connectivity index (χ4n) is 2.01. The maximum absolute atomic E-state index is 9.30. The number of hydrogen-bond acceptors (Lipinski definition) is 3. The number of ether oxygens (including phenoxy) is 2. The summed E-state index contributed by atoms with van der Waals surface area (Å²) in [6, 6.07) is 15.8. The first-order chi connectivity index (χ1) is 9.28. The Morgan fingerprint density at radius 3 is 2.37 bits per heavy atom. The molecule has 0 aliphatic carbocycles. The van der Waals surface area contributed by atoms with Crippen LogP contribution in [0.25, 0.3) is 0 Å². The zero-order valence-corrected chi connectivity index (χ0v) is 11.0. The van der Waals surface area contributed by atoms with E-state index in [1.807, 2.05) is 36.4 Å². The summed E-state index contributed by atoms with van der Waals surface area (Å²) in [7, 11) is 3.16. The summed E-state index contributed by atoms with van der Waals surface area (Å²) in [6.07, 6.45) is 0.678. The van der Waals surface area contributed by atoms with Crippen LogP contribution >= 0.6 is 0 Å². The summed E-state index contributed by atoms with van der Waals surface area (Å²) in [5.74, 6) is 1.24. The van der Waals surface area contributed by atoms with Crippen LogP contribution in [-0.4, -0.2) is 14.2 Å². The van der Waals surface area contributed by atoms with Crippen LogP contribution < -0.4 is 9.47 Å². The number of rotatable bonds is 4. The summed E-state index contributed by atoms with van der Waals surface area (Å²) in [5.41, 5.74) is 2.62. The average Bonchev–Trinajstić information content (AvgIpc) is 2.47. The van der Waals surface area contributed by atoms with Crippen molar-refractivity contribution in [1.29, 1.82) is 5.26 Å². The average molecular weight is 253 g/mol. The third kappa shape index (κ3) is 2.86. The van der Waals surface area contributed by atoms with Gasteiger partial charge in [0, 0.05) is 6.07 Å². The second-order valence-corrected chi connectivity index (χ2v) is 4.14. The van der Waals surface area contributed by atoms with Gasteiger partial charge in [-0.15, -0.1) is 0 Å². The Hall–Kier alpha value is -2.47. The van der Waals surface area contributed by atoms with Crippen LogP contribution in [0.5, 0.6) is 11.5 Å². The van der Waals surface area contributed by atoms with E-state index < -0.39 is 0 Å². The maximum Gasteiger partial charge on any atom is 0.140 e. The Morgan fingerprint density at radius 2 is 1.79 bits per heavy atom. The number of methoxy groups -OCH3 is 2. The lowest BCUT2D eigenvalue weighted by Gasteiger charge is -2.11. The Kier molecular flexibility index (Phi) is 4.04. The Bertz CT molecular complexity index is 600. The fourth-order valence-corrected chi connectivity index (χ4v) is 2.01. The monoisotopic (exact) mass is 253 g/mol. The number of hydrogen-bond donors (Lipinski definition) is 0. The number of nitrogens with zero attached hydrogens (tertiary/aromatic N) is 1. The lowest BCUT2D eigenvalue weighted by Crippen LogP contribution is -1.98. The minimum Gasteiger partial charge on any atom is -0.497 e. The van der Waals surface area contributed by atoms with E-state index in [-0.39, 0.29) is 0 Å². The molecule has 0 radical (unpaired) electrons. The van der Waals surface area contributed by atoms with Crippen molar-refractivity contribution in [2.24, 2.45) is 0 Å². The SMILES string of the molecule is COc1cc(Cc2ccccc2)c(C#N)c(OC)c1. The first kappa shape index (κ1) is 13.0. The molecular formula is C16H15NO2. The minimum atomic E-state index is 0.549. The molecule has 2 rings (SSSR count). The number of benzene rings is 2. The van der Waals surface area contributed by atoms with Crippen molar-refractivity contribution in [2.45, 2.75) is 6.42 Å². The molecule has 0 fully saturated rings. The zero-order chi connectivity index (χ0) is 13.7. The topological polar surface area (TPSA) is 42.2 Å². The lowest BCUT2D eigenvalue weighted by atomic mass is 9.99. The molecule has 19 heavy (non-hydrogen) atoms. The quantitative estimate of drug-likeness (QED) is 0.840. The normalized spacial score (nSPS) is 9.74. The van der Waals surface area contributed by atoms with Gasteiger partial charge in [0.25, 0.3) is 0 Å². The summed E-state index contributed by atoms with van der Waals surface area (Å²) in [4.78, 5) is 0. The van der Waals surface area contributed by atoms with Crippen LogP contribution in [0.15, 0.2) is 42.5 Å². The van der Waals surface area contributed by atoms with Gasteiger partial charge in [0.15, 0.2) is 0 Å². The molecular weight excluding hydrogens is 238 g/mol. The van der Waals surface area contributed by atoms with E-state index in [4.69, 9.17) is 9.47 Å². The summed E-state index contributed by atoms with van der Waals surface area (Å²) < 4.78 is 10.5. The highest BCUT2D eigenvalue weighted by molar-refractivity contribution is 5.54. The molecule has 2 aromatic rings. The van der Waals surface area contributed by atoms with E-state index in [1.165, 1.54) is 0 Å². The molecule has 0 heterocycles. The second kappa shape index (κ2) is 5.92. The van der Waals surface area contributed by atoms with Gasteiger partial charge in [0.2, 0.25) is 0 Å². The van der Waals surface area contributed by atoms with E-state index in [9.17, 15) is 5.26 Å². The molecule has 3 heteroatoms. The lowest BCUT2D eigenvalue weighted by molar-refractivity contribution is 0.392. The van der Waals surface area contributed by atoms with Crippen LogP contribution in [-0.2, 0) is 6.42 Å². The van der Waals surface area contributed by atoms with Gasteiger partial charge in [0.1, 0.15) is 17.6 Å². The van der Waals surface area contributed by atoms with Gasteiger partial charge in [0.05, 0.1) is 19.8 Å². The Balaban J connectivity index is 2.46. The van der Waals surface area contributed by atoms with E-state index in [0.29, 0.717) is 23.5 Å². The first-order valence-corrected chi connectivity index (χ1v) is 5.97. The van der Waals surface area contributed by atoms with E-state index in [2.05, 4.69) is 6.07 Å². The van der Waals surface area contributed by atoms with E-state index in [0.717, 1.165) is 11.1 Å². The summed E-state index contributed by atoms with van der Waals surface area (Å²) in [6.45, 7) is 0. The highest BCUT2D eigenvalue weighted by Gasteiger charge is 2.12. The van der Waals surface area contributed by atoms with Crippen LogP contribution in [0.1, 0.15) is 16.7 Å². The van der Waals surface area contributed by atoms with Crippen molar-refractivity contribution < 1.29 is 9.47 Å². The van der Waals surface area contributed by atoms with Crippen molar-refractivity contribution in [3.63, 3.8) is 0 Å². The Labute approximate surface area is 113 Å². The smallest absolute Gasteiger partial charge is 0.140 e. The molecule has 2 aromatic carbocycles. The van der Waals surface area contributed by atoms with Crippen molar-refractivity contribution in [3.8, 4) is 17.6 Å². The van der Waals surface area contributed by atoms with Crippen molar-refractivity contribution >= 4 is 0 Å². The molecule has 0 N–H and O–H groups in total. The first-order valence-electron chi connectivity index (χ1n) is 5.97. The van der Waals surface area contributed by atoms with Crippen molar-refractivity contribution in [2.75, 3.05) is 14.2 Å². The predicted molar refractivity (Wildman–Crippen MR) is 73.5 cm³/mol. The maximum atomic E-state index is 9.30. The Morgan fingerprint density at radius 1 is 1.05 bits per heavy atom. The van der Waals surface area contributed by atoms with E-state index >= 15 is 0 Å². The van der Waals surface area contributed by atoms with Crippen LogP contribution in [0.4, 0.5) is 0 Å². The van der Waals surface area contributed by atoms with Gasteiger partial charge >= 0.3 is 0 Å². The van der Waals surface area contributed by atoms with Gasteiger partial charge < -0.3 is 9.47 Å². The third-order valence-electron chi connectivity index (χ3n) is 2.96. The summed E-state index contributed by atoms with van der Waals surface area (Å²) >= 11 is 0. The highest BCUT2D eigenvalue weighted by Crippen LogP contribution is 2.29. The van der Waals surface area contributed by atoms with Gasteiger partial charge in [-0.25, -0.2) is 0 Å². The van der Waals surface area contributed by atoms with Crippen LogP contribution in [0.2, 0.25) is 0 Å². The molecule has 3 nitrogen and oxygen atoms in total. The minimum absolute atomic E-state index is 0.549. The highest BCUT2D eigenvalue weighted by atomic mass is 16.5. The van der Waals surface area contributed by atoms with Gasteiger partial charge in [-0.3, -0.25) is 0 Å². The van der Waals surface area contributed by atoms with Crippen LogP contribution in [0.3, 0.4) is 0 Å².